The van der Waals surface area contributed by atoms with Crippen molar-refractivity contribution in [1.82, 2.24) is 14.7 Å². The van der Waals surface area contributed by atoms with Gasteiger partial charge in [0.05, 0.1) is 30.7 Å². The fraction of sp³-hybridized carbons (Fsp3) is 0.579. The van der Waals surface area contributed by atoms with E-state index in [4.69, 9.17) is 4.74 Å². The third kappa shape index (κ3) is 5.72. The van der Waals surface area contributed by atoms with Gasteiger partial charge in [0, 0.05) is 57.1 Å². The lowest BCUT2D eigenvalue weighted by Crippen LogP contribution is -2.55. The first-order valence-electron chi connectivity index (χ1n) is 9.81. The summed E-state index contributed by atoms with van der Waals surface area (Å²) in [7, 11) is 0. The van der Waals surface area contributed by atoms with Crippen LogP contribution in [-0.4, -0.2) is 96.5 Å². The minimum absolute atomic E-state index is 0.0668. The van der Waals surface area contributed by atoms with Gasteiger partial charge in [0.1, 0.15) is 0 Å². The van der Waals surface area contributed by atoms with Gasteiger partial charge in [-0.2, -0.15) is 0 Å². The molecule has 29 heavy (non-hydrogen) atoms. The van der Waals surface area contributed by atoms with Gasteiger partial charge in [0.2, 0.25) is 11.8 Å². The third-order valence-electron chi connectivity index (χ3n) is 5.38. The number of nitro benzene ring substituents is 1. The minimum atomic E-state index is -0.494. The van der Waals surface area contributed by atoms with Crippen molar-refractivity contribution in [3.05, 3.63) is 34.4 Å². The molecular weight excluding hydrogens is 378 g/mol. The van der Waals surface area contributed by atoms with Gasteiger partial charge < -0.3 is 15.0 Å². The number of non-ortho nitro benzene ring substituents is 1. The Labute approximate surface area is 169 Å². The molecule has 10 nitrogen and oxygen atoms in total. The Hall–Kier alpha value is -2.56. The molecule has 1 aromatic carbocycles. The molecule has 3 rings (SSSR count). The number of anilines is 1. The zero-order valence-electron chi connectivity index (χ0n) is 16.6. The molecule has 0 aliphatic carbocycles. The highest BCUT2D eigenvalue weighted by atomic mass is 16.6. The van der Waals surface area contributed by atoms with Crippen molar-refractivity contribution < 1.29 is 19.2 Å². The largest absolute Gasteiger partial charge is 0.379 e. The van der Waals surface area contributed by atoms with Crippen LogP contribution >= 0.6 is 0 Å². The average molecular weight is 405 g/mol. The number of ether oxygens (including phenoxy) is 1. The van der Waals surface area contributed by atoms with Gasteiger partial charge in [-0.05, 0) is 13.0 Å². The summed E-state index contributed by atoms with van der Waals surface area (Å²) < 4.78 is 5.31. The van der Waals surface area contributed by atoms with Gasteiger partial charge in [-0.3, -0.25) is 29.5 Å². The van der Waals surface area contributed by atoms with Crippen molar-refractivity contribution in [2.75, 3.05) is 64.3 Å². The van der Waals surface area contributed by atoms with E-state index in [1.807, 2.05) is 9.80 Å². The van der Waals surface area contributed by atoms with Crippen molar-refractivity contribution >= 4 is 23.2 Å². The van der Waals surface area contributed by atoms with Crippen LogP contribution in [0.3, 0.4) is 0 Å². The van der Waals surface area contributed by atoms with Crippen LogP contribution in [0.2, 0.25) is 0 Å². The fourth-order valence-electron chi connectivity index (χ4n) is 3.52. The van der Waals surface area contributed by atoms with E-state index in [0.29, 0.717) is 51.6 Å². The lowest BCUT2D eigenvalue weighted by atomic mass is 10.2. The molecule has 0 aromatic heterocycles. The number of carbonyl (C=O) groups excluding carboxylic acids is 2. The molecular formula is C19H27N5O5. The molecule has 2 fully saturated rings. The molecule has 2 saturated heterocycles. The standard InChI is InChI=1S/C19H27N5O5/c1-15(19(26)20-16-3-2-4-17(13-16)24(27)28)22-5-7-23(8-6-22)18(25)14-21-9-11-29-12-10-21/h2-4,13,15H,5-12,14H2,1H3,(H,20,26). The van der Waals surface area contributed by atoms with Gasteiger partial charge in [0.15, 0.2) is 0 Å². The van der Waals surface area contributed by atoms with E-state index in [9.17, 15) is 19.7 Å². The highest BCUT2D eigenvalue weighted by Gasteiger charge is 2.28. The number of nitrogens with one attached hydrogen (secondary N) is 1. The van der Waals surface area contributed by atoms with Crippen molar-refractivity contribution in [2.45, 2.75) is 13.0 Å². The molecule has 0 bridgehead atoms. The average Bonchev–Trinajstić information content (AvgIpc) is 2.74. The third-order valence-corrected chi connectivity index (χ3v) is 5.38. The first-order chi connectivity index (χ1) is 13.9. The number of carbonyl (C=O) groups is 2. The minimum Gasteiger partial charge on any atom is -0.379 e. The number of hydrogen-bond acceptors (Lipinski definition) is 7. The van der Waals surface area contributed by atoms with Gasteiger partial charge in [-0.1, -0.05) is 6.07 Å². The van der Waals surface area contributed by atoms with Crippen LogP contribution in [0.4, 0.5) is 11.4 Å². The first kappa shape index (κ1) is 21.2. The van der Waals surface area contributed by atoms with E-state index < -0.39 is 11.0 Å². The van der Waals surface area contributed by atoms with Crippen LogP contribution in [0, 0.1) is 10.1 Å². The number of benzene rings is 1. The molecule has 1 unspecified atom stereocenters. The molecule has 2 aliphatic heterocycles. The van der Waals surface area contributed by atoms with Gasteiger partial charge in [-0.15, -0.1) is 0 Å². The van der Waals surface area contributed by atoms with Gasteiger partial charge in [-0.25, -0.2) is 0 Å². The Bertz CT molecular complexity index is 744. The molecule has 0 saturated carbocycles. The molecule has 2 heterocycles. The Morgan fingerprint density at radius 2 is 1.86 bits per heavy atom. The predicted molar refractivity (Wildman–Crippen MR) is 107 cm³/mol. The Kier molecular flexibility index (Phi) is 7.13. The summed E-state index contributed by atoms with van der Waals surface area (Å²) in [6, 6.07) is 5.49. The second kappa shape index (κ2) is 9.77. The molecule has 158 valence electrons. The van der Waals surface area contributed by atoms with Gasteiger partial charge in [0.25, 0.3) is 5.69 Å². The van der Waals surface area contributed by atoms with E-state index in [0.717, 1.165) is 13.1 Å². The van der Waals surface area contributed by atoms with Crippen LogP contribution in [0.1, 0.15) is 6.92 Å². The normalized spacial score (nSPS) is 19.6. The highest BCUT2D eigenvalue weighted by Crippen LogP contribution is 2.18. The highest BCUT2D eigenvalue weighted by molar-refractivity contribution is 5.94. The number of nitrogens with zero attached hydrogens (tertiary/aromatic N) is 4. The van der Waals surface area contributed by atoms with Crippen LogP contribution in [0.25, 0.3) is 0 Å². The van der Waals surface area contributed by atoms with Gasteiger partial charge >= 0.3 is 0 Å². The lowest BCUT2D eigenvalue weighted by Gasteiger charge is -2.38. The van der Waals surface area contributed by atoms with E-state index in [1.165, 1.54) is 18.2 Å². The zero-order valence-corrected chi connectivity index (χ0v) is 16.6. The summed E-state index contributed by atoms with van der Waals surface area (Å²) in [6.45, 7) is 7.48. The summed E-state index contributed by atoms with van der Waals surface area (Å²) >= 11 is 0. The SMILES string of the molecule is CC(C(=O)Nc1cccc([N+](=O)[O-])c1)N1CCN(C(=O)CN2CCOCC2)CC1. The summed E-state index contributed by atoms with van der Waals surface area (Å²) in [4.78, 5) is 41.4. The Morgan fingerprint density at radius 1 is 1.17 bits per heavy atom. The molecule has 1 N–H and O–H groups in total. The monoisotopic (exact) mass is 405 g/mol. The second-order valence-electron chi connectivity index (χ2n) is 7.28. The van der Waals surface area contributed by atoms with Crippen molar-refractivity contribution in [3.8, 4) is 0 Å². The molecule has 1 atom stereocenters. The maximum atomic E-state index is 12.5. The number of morpholine rings is 1. The molecule has 10 heteroatoms. The van der Waals surface area contributed by atoms with Crippen LogP contribution in [-0.2, 0) is 14.3 Å². The van der Waals surface area contributed by atoms with E-state index in [-0.39, 0.29) is 17.5 Å². The fourth-order valence-corrected chi connectivity index (χ4v) is 3.52. The van der Waals surface area contributed by atoms with Crippen LogP contribution < -0.4 is 5.32 Å². The van der Waals surface area contributed by atoms with Crippen molar-refractivity contribution in [1.29, 1.82) is 0 Å². The topological polar surface area (TPSA) is 108 Å². The Balaban J connectivity index is 1.47. The second-order valence-corrected chi connectivity index (χ2v) is 7.28. The number of nitro groups is 1. The maximum absolute atomic E-state index is 12.5. The molecule has 2 amide bonds. The summed E-state index contributed by atoms with van der Waals surface area (Å²) in [5.41, 5.74) is 0.332. The molecule has 2 aliphatic rings. The van der Waals surface area contributed by atoms with Crippen LogP contribution in [0.5, 0.6) is 0 Å². The smallest absolute Gasteiger partial charge is 0.271 e. The molecule has 0 spiro atoms. The summed E-state index contributed by atoms with van der Waals surface area (Å²) in [6.07, 6.45) is 0. The van der Waals surface area contributed by atoms with Crippen molar-refractivity contribution in [3.63, 3.8) is 0 Å². The summed E-state index contributed by atoms with van der Waals surface area (Å²) in [5, 5.41) is 13.6. The lowest BCUT2D eigenvalue weighted by molar-refractivity contribution is -0.384. The van der Waals surface area contributed by atoms with E-state index in [1.54, 1.807) is 13.0 Å². The first-order valence-corrected chi connectivity index (χ1v) is 9.81. The quantitative estimate of drug-likeness (QED) is 0.539. The summed E-state index contributed by atoms with van der Waals surface area (Å²) in [5.74, 6) is -0.112. The predicted octanol–water partition coefficient (Wildman–Crippen LogP) is 0.398. The number of amides is 2. The number of piperazine rings is 1. The van der Waals surface area contributed by atoms with Crippen molar-refractivity contribution in [2.24, 2.45) is 0 Å². The molecule has 1 aromatic rings. The number of rotatable bonds is 6. The number of hydrogen-bond donors (Lipinski definition) is 1. The van der Waals surface area contributed by atoms with E-state index >= 15 is 0 Å². The Morgan fingerprint density at radius 3 is 2.52 bits per heavy atom. The maximum Gasteiger partial charge on any atom is 0.271 e. The zero-order chi connectivity index (χ0) is 20.8. The van der Waals surface area contributed by atoms with E-state index in [2.05, 4.69) is 10.2 Å². The molecule has 0 radical (unpaired) electrons. The van der Waals surface area contributed by atoms with Crippen LogP contribution in [0.15, 0.2) is 24.3 Å².